The molecule has 198 valence electrons. The van der Waals surface area contributed by atoms with Crippen LogP contribution in [0.3, 0.4) is 0 Å². The lowest BCUT2D eigenvalue weighted by molar-refractivity contribution is -0.146. The number of hydrogen-bond acceptors (Lipinski definition) is 12. The van der Waals surface area contributed by atoms with E-state index in [2.05, 4.69) is 35.8 Å². The van der Waals surface area contributed by atoms with Crippen molar-refractivity contribution in [1.29, 1.82) is 0 Å². The number of nitrogens with one attached hydrogen (secondary N) is 3. The number of ether oxygens (including phenoxy) is 2. The van der Waals surface area contributed by atoms with Crippen LogP contribution in [0.25, 0.3) is 11.2 Å². The Hall–Kier alpha value is -3.91. The van der Waals surface area contributed by atoms with Crippen molar-refractivity contribution in [2.24, 2.45) is 0 Å². The number of anilines is 2. The van der Waals surface area contributed by atoms with Crippen LogP contribution in [-0.2, 0) is 25.6 Å². The third-order valence-electron chi connectivity index (χ3n) is 4.82. The highest BCUT2D eigenvalue weighted by Crippen LogP contribution is 2.13. The highest BCUT2D eigenvalue weighted by atomic mass is 35.5. The van der Waals surface area contributed by atoms with E-state index in [-0.39, 0.29) is 55.6 Å². The first-order valence-electron chi connectivity index (χ1n) is 11.2. The van der Waals surface area contributed by atoms with Crippen LogP contribution in [0.1, 0.15) is 42.9 Å². The van der Waals surface area contributed by atoms with Gasteiger partial charge in [-0.05, 0) is 44.5 Å². The van der Waals surface area contributed by atoms with Gasteiger partial charge in [-0.1, -0.05) is 12.2 Å². The lowest BCUT2D eigenvalue weighted by Crippen LogP contribution is -2.42. The molecule has 0 spiro atoms. The van der Waals surface area contributed by atoms with Crippen LogP contribution in [0.5, 0.6) is 0 Å². The van der Waals surface area contributed by atoms with Crippen LogP contribution in [-0.4, -0.2) is 62.3 Å². The van der Waals surface area contributed by atoms with Crippen molar-refractivity contribution in [3.05, 3.63) is 40.3 Å². The van der Waals surface area contributed by atoms with E-state index in [0.29, 0.717) is 28.2 Å². The van der Waals surface area contributed by atoms with Gasteiger partial charge in [0.15, 0.2) is 16.1 Å². The van der Waals surface area contributed by atoms with E-state index in [0.717, 1.165) is 0 Å². The number of nitrogen functional groups attached to an aromatic ring is 1. The van der Waals surface area contributed by atoms with Crippen LogP contribution in [0.2, 0.25) is 0 Å². The normalized spacial score (nSPS) is 11.2. The Labute approximate surface area is 223 Å². The monoisotopic (exact) mass is 550 g/mol. The fourth-order valence-corrected chi connectivity index (χ4v) is 3.37. The number of hydrogen-bond donors (Lipinski definition) is 4. The summed E-state index contributed by atoms with van der Waals surface area (Å²) in [6, 6.07) is 5.58. The van der Waals surface area contributed by atoms with Crippen molar-refractivity contribution in [3.63, 3.8) is 0 Å². The number of rotatable bonds is 11. The van der Waals surface area contributed by atoms with Crippen molar-refractivity contribution in [2.45, 2.75) is 39.3 Å². The molecule has 0 saturated heterocycles. The molecule has 0 aliphatic rings. The molecule has 0 saturated carbocycles. The predicted molar refractivity (Wildman–Crippen MR) is 139 cm³/mol. The molecule has 0 aliphatic carbocycles. The molecule has 1 unspecified atom stereocenters. The van der Waals surface area contributed by atoms with Crippen LogP contribution >= 0.6 is 24.6 Å². The zero-order chi connectivity index (χ0) is 26.1. The second kappa shape index (κ2) is 14.0. The summed E-state index contributed by atoms with van der Waals surface area (Å²) in [6.45, 7) is 3.98. The lowest BCUT2D eigenvalue weighted by Gasteiger charge is -2.17. The summed E-state index contributed by atoms with van der Waals surface area (Å²) in [4.78, 5) is 47.6. The Morgan fingerprint density at radius 3 is 2.46 bits per heavy atom. The molecule has 37 heavy (non-hydrogen) atoms. The molecule has 3 aromatic rings. The van der Waals surface area contributed by atoms with Gasteiger partial charge in [-0.15, -0.1) is 22.6 Å². The van der Waals surface area contributed by atoms with Crippen molar-refractivity contribution >= 4 is 65.3 Å². The summed E-state index contributed by atoms with van der Waals surface area (Å²) in [7, 11) is 0. The highest BCUT2D eigenvalue weighted by Gasteiger charge is 2.24. The number of H-pyrrole nitrogens is 1. The molecule has 1 amide bonds. The molecular weight excluding hydrogens is 524 g/mol. The zero-order valence-corrected chi connectivity index (χ0v) is 21.8. The van der Waals surface area contributed by atoms with Crippen LogP contribution in [0, 0.1) is 4.64 Å². The number of halogens is 1. The number of amides is 1. The number of carbonyl (C=O) groups is 3. The molecule has 0 bridgehead atoms. The molecule has 1 aromatic carbocycles. The van der Waals surface area contributed by atoms with E-state index in [9.17, 15) is 14.4 Å². The summed E-state index contributed by atoms with van der Waals surface area (Å²) in [5, 5.41) is 13.8. The lowest BCUT2D eigenvalue weighted by atomic mass is 10.1. The number of aromatic amines is 1. The maximum atomic E-state index is 12.7. The van der Waals surface area contributed by atoms with Gasteiger partial charge in [-0.25, -0.2) is 14.8 Å². The molecule has 2 heterocycles. The quantitative estimate of drug-likeness (QED) is 0.201. The first kappa shape index (κ1) is 29.3. The summed E-state index contributed by atoms with van der Waals surface area (Å²) in [5.41, 5.74) is 7.36. The SMILES string of the molecule is CCOC(=O)CCC(NC(=O)c1ccc(NCc2nnc3[nH]c(N)nc(=S)c3n2)cc1)C(=O)OCC.Cl. The molecule has 15 heteroatoms. The Kier molecular flexibility index (Phi) is 11.1. The van der Waals surface area contributed by atoms with Gasteiger partial charge in [0.1, 0.15) is 11.6 Å². The van der Waals surface area contributed by atoms with Crippen molar-refractivity contribution in [2.75, 3.05) is 24.3 Å². The van der Waals surface area contributed by atoms with Crippen molar-refractivity contribution < 1.29 is 23.9 Å². The molecule has 0 aliphatic heterocycles. The van der Waals surface area contributed by atoms with E-state index in [1.54, 1.807) is 38.1 Å². The van der Waals surface area contributed by atoms with Gasteiger partial charge < -0.3 is 30.8 Å². The second-order valence-corrected chi connectivity index (χ2v) is 7.79. The average molecular weight is 551 g/mol. The van der Waals surface area contributed by atoms with Crippen LogP contribution in [0.15, 0.2) is 24.3 Å². The number of aromatic nitrogens is 5. The second-order valence-electron chi connectivity index (χ2n) is 7.41. The molecule has 3 rings (SSSR count). The average Bonchev–Trinajstić information content (AvgIpc) is 2.85. The van der Waals surface area contributed by atoms with E-state index < -0.39 is 23.9 Å². The minimum Gasteiger partial charge on any atom is -0.466 e. The Morgan fingerprint density at radius 1 is 1.08 bits per heavy atom. The van der Waals surface area contributed by atoms with Gasteiger partial charge in [0.2, 0.25) is 5.95 Å². The molecule has 2 aromatic heterocycles. The molecule has 5 N–H and O–H groups in total. The smallest absolute Gasteiger partial charge is 0.328 e. The van der Waals surface area contributed by atoms with Crippen LogP contribution in [0.4, 0.5) is 11.6 Å². The fourth-order valence-electron chi connectivity index (χ4n) is 3.13. The largest absolute Gasteiger partial charge is 0.466 e. The third kappa shape index (κ3) is 8.32. The molecule has 13 nitrogen and oxygen atoms in total. The number of benzene rings is 1. The summed E-state index contributed by atoms with van der Waals surface area (Å²) in [5.74, 6) is -1.04. The minimum absolute atomic E-state index is 0. The van der Waals surface area contributed by atoms with Gasteiger partial charge in [-0.2, -0.15) is 0 Å². The molecular formula is C22H27ClN8O5S. The molecule has 1 atom stereocenters. The first-order chi connectivity index (χ1) is 17.3. The van der Waals surface area contributed by atoms with E-state index >= 15 is 0 Å². The Balaban J connectivity index is 0.00000481. The predicted octanol–water partition coefficient (Wildman–Crippen LogP) is 2.10. The Morgan fingerprint density at radius 2 is 1.78 bits per heavy atom. The van der Waals surface area contributed by atoms with Gasteiger partial charge in [0.25, 0.3) is 5.91 Å². The minimum atomic E-state index is -0.978. The van der Waals surface area contributed by atoms with Gasteiger partial charge in [-0.3, -0.25) is 9.59 Å². The zero-order valence-electron chi connectivity index (χ0n) is 20.1. The standard InChI is InChI=1S/C22H26N8O5S.ClH/c1-3-34-16(31)10-9-14(21(33)35-4-2)25-19(32)12-5-7-13(8-6-12)24-11-15-26-17-18(30-29-15)27-22(23)28-20(17)36;/h5-8,14,24H,3-4,9-11H2,1-2H3,(H,25,32)(H3,23,27,28,30,36);1H. The Bertz CT molecular complexity index is 1300. The number of fused-ring (bicyclic) bond motifs is 1. The van der Waals surface area contributed by atoms with E-state index in [1.165, 1.54) is 0 Å². The summed E-state index contributed by atoms with van der Waals surface area (Å²) < 4.78 is 10.1. The van der Waals surface area contributed by atoms with Crippen LogP contribution < -0.4 is 16.4 Å². The van der Waals surface area contributed by atoms with Gasteiger partial charge in [0.05, 0.1) is 19.8 Å². The number of nitrogens with two attached hydrogens (primary N) is 1. The van der Waals surface area contributed by atoms with Gasteiger partial charge in [0, 0.05) is 17.7 Å². The topological polar surface area (TPSA) is 187 Å². The number of nitrogens with zero attached hydrogens (tertiary/aromatic N) is 4. The summed E-state index contributed by atoms with van der Waals surface area (Å²) >= 11 is 5.17. The van der Waals surface area contributed by atoms with Crippen molar-refractivity contribution in [1.82, 2.24) is 30.5 Å². The third-order valence-corrected chi connectivity index (χ3v) is 5.10. The molecule has 0 radical (unpaired) electrons. The van der Waals surface area contributed by atoms with Gasteiger partial charge >= 0.3 is 11.9 Å². The van der Waals surface area contributed by atoms with E-state index in [1.807, 2.05) is 0 Å². The van der Waals surface area contributed by atoms with Crippen molar-refractivity contribution in [3.8, 4) is 0 Å². The number of carbonyl (C=O) groups excluding carboxylic acids is 3. The fraction of sp³-hybridized carbons (Fsp3) is 0.364. The summed E-state index contributed by atoms with van der Waals surface area (Å²) in [6.07, 6.45) is 0.0370. The van der Waals surface area contributed by atoms with E-state index in [4.69, 9.17) is 27.4 Å². The maximum absolute atomic E-state index is 12.7. The first-order valence-corrected chi connectivity index (χ1v) is 11.6. The molecule has 0 fully saturated rings. The maximum Gasteiger partial charge on any atom is 0.328 e. The number of esters is 2. The highest BCUT2D eigenvalue weighted by molar-refractivity contribution is 7.71.